The van der Waals surface area contributed by atoms with Crippen LogP contribution < -0.4 is 10.6 Å². The highest BCUT2D eigenvalue weighted by atomic mass is 35.5. The molecule has 1 saturated carbocycles. The molecule has 7 nitrogen and oxygen atoms in total. The van der Waals surface area contributed by atoms with Crippen LogP contribution in [0.5, 0.6) is 0 Å². The first kappa shape index (κ1) is 15.5. The van der Waals surface area contributed by atoms with Gasteiger partial charge < -0.3 is 15.2 Å². The van der Waals surface area contributed by atoms with Crippen LogP contribution >= 0.6 is 11.6 Å². The van der Waals surface area contributed by atoms with Crippen molar-refractivity contribution in [1.82, 2.24) is 20.8 Å². The summed E-state index contributed by atoms with van der Waals surface area (Å²) in [5.41, 5.74) is 0.395. The van der Waals surface area contributed by atoms with E-state index < -0.39 is 5.91 Å². The average Bonchev–Trinajstić information content (AvgIpc) is 3.28. The van der Waals surface area contributed by atoms with E-state index in [0.717, 1.165) is 12.8 Å². The third kappa shape index (κ3) is 3.87. The standard InChI is InChI=1S/C15H15ClN4O3/c16-11-4-2-1-3-10(11)13(21)17-7-8-18-14(22)15-19-12(20-23-15)9-5-6-9/h1-4,9H,5-8H2,(H,17,21)(H,18,22). The number of carbonyl (C=O) groups is 2. The number of amides is 2. The third-order valence-electron chi connectivity index (χ3n) is 3.39. The van der Waals surface area contributed by atoms with Gasteiger partial charge in [-0.3, -0.25) is 9.59 Å². The second kappa shape index (κ2) is 6.78. The first-order chi connectivity index (χ1) is 11.1. The first-order valence-corrected chi connectivity index (χ1v) is 7.67. The van der Waals surface area contributed by atoms with E-state index in [1.807, 2.05) is 0 Å². The van der Waals surface area contributed by atoms with Crippen LogP contribution in [0.3, 0.4) is 0 Å². The maximum Gasteiger partial charge on any atom is 0.315 e. The van der Waals surface area contributed by atoms with Gasteiger partial charge in [-0.05, 0) is 25.0 Å². The normalized spacial score (nSPS) is 13.6. The fraction of sp³-hybridized carbons (Fsp3) is 0.333. The monoisotopic (exact) mass is 334 g/mol. The van der Waals surface area contributed by atoms with Crippen LogP contribution in [0.4, 0.5) is 0 Å². The van der Waals surface area contributed by atoms with Crippen LogP contribution in [-0.2, 0) is 0 Å². The number of halogens is 1. The van der Waals surface area contributed by atoms with Crippen LogP contribution in [-0.4, -0.2) is 35.0 Å². The van der Waals surface area contributed by atoms with Gasteiger partial charge in [-0.25, -0.2) is 0 Å². The number of hydrogen-bond acceptors (Lipinski definition) is 5. The molecule has 2 amide bonds. The second-order valence-electron chi connectivity index (χ2n) is 5.22. The summed E-state index contributed by atoms with van der Waals surface area (Å²) in [4.78, 5) is 27.8. The quantitative estimate of drug-likeness (QED) is 0.784. The van der Waals surface area contributed by atoms with Gasteiger partial charge in [0.2, 0.25) is 0 Å². The predicted octanol–water partition coefficient (Wildman–Crippen LogP) is 1.76. The molecule has 0 radical (unpaired) electrons. The minimum absolute atomic E-state index is 0.0515. The van der Waals surface area contributed by atoms with E-state index in [0.29, 0.717) is 22.3 Å². The number of hydrogen-bond donors (Lipinski definition) is 2. The van der Waals surface area contributed by atoms with Crippen molar-refractivity contribution < 1.29 is 14.1 Å². The fourth-order valence-corrected chi connectivity index (χ4v) is 2.22. The summed E-state index contributed by atoms with van der Waals surface area (Å²) < 4.78 is 4.91. The summed E-state index contributed by atoms with van der Waals surface area (Å²) in [7, 11) is 0. The number of nitrogens with one attached hydrogen (secondary N) is 2. The number of rotatable bonds is 6. The van der Waals surface area contributed by atoms with Crippen molar-refractivity contribution in [2.24, 2.45) is 0 Å². The van der Waals surface area contributed by atoms with Crippen molar-refractivity contribution in [2.75, 3.05) is 13.1 Å². The number of carbonyl (C=O) groups excluding carboxylic acids is 2. The van der Waals surface area contributed by atoms with Crippen molar-refractivity contribution in [3.63, 3.8) is 0 Å². The largest absolute Gasteiger partial charge is 0.350 e. The predicted molar refractivity (Wildman–Crippen MR) is 82.4 cm³/mol. The zero-order valence-electron chi connectivity index (χ0n) is 12.2. The smallest absolute Gasteiger partial charge is 0.315 e. The molecule has 1 aliphatic rings. The fourth-order valence-electron chi connectivity index (χ4n) is 2.00. The van der Waals surface area contributed by atoms with Gasteiger partial charge in [-0.15, -0.1) is 0 Å². The minimum Gasteiger partial charge on any atom is -0.350 e. The molecule has 0 unspecified atom stereocenters. The van der Waals surface area contributed by atoms with Crippen molar-refractivity contribution in [3.05, 3.63) is 46.6 Å². The molecule has 8 heteroatoms. The van der Waals surface area contributed by atoms with E-state index >= 15 is 0 Å². The van der Waals surface area contributed by atoms with E-state index in [4.69, 9.17) is 16.1 Å². The van der Waals surface area contributed by atoms with Gasteiger partial charge in [-0.2, -0.15) is 4.98 Å². The molecular weight excluding hydrogens is 320 g/mol. The highest BCUT2D eigenvalue weighted by Gasteiger charge is 2.29. The summed E-state index contributed by atoms with van der Waals surface area (Å²) in [6.45, 7) is 0.510. The lowest BCUT2D eigenvalue weighted by atomic mass is 10.2. The summed E-state index contributed by atoms with van der Waals surface area (Å²) in [5, 5.41) is 9.44. The highest BCUT2D eigenvalue weighted by Crippen LogP contribution is 2.37. The number of nitrogens with zero attached hydrogens (tertiary/aromatic N) is 2. The number of benzene rings is 1. The summed E-state index contributed by atoms with van der Waals surface area (Å²) >= 11 is 5.94. The molecule has 0 aliphatic heterocycles. The van der Waals surface area contributed by atoms with Crippen LogP contribution in [0, 0.1) is 0 Å². The third-order valence-corrected chi connectivity index (χ3v) is 3.72. The SMILES string of the molecule is O=C(NCCNC(=O)c1ccccc1Cl)c1nc(C2CC2)no1. The van der Waals surface area contributed by atoms with Crippen LogP contribution in [0.1, 0.15) is 45.6 Å². The molecule has 1 aromatic carbocycles. The van der Waals surface area contributed by atoms with E-state index in [1.54, 1.807) is 24.3 Å². The van der Waals surface area contributed by atoms with Crippen LogP contribution in [0.25, 0.3) is 0 Å². The van der Waals surface area contributed by atoms with E-state index in [9.17, 15) is 9.59 Å². The molecule has 0 saturated heterocycles. The van der Waals surface area contributed by atoms with E-state index in [2.05, 4.69) is 20.8 Å². The minimum atomic E-state index is -0.448. The Morgan fingerprint density at radius 2 is 1.87 bits per heavy atom. The first-order valence-electron chi connectivity index (χ1n) is 7.29. The molecule has 1 heterocycles. The average molecular weight is 335 g/mol. The Labute approximate surface area is 137 Å². The summed E-state index contributed by atoms with van der Waals surface area (Å²) in [6.07, 6.45) is 2.07. The zero-order chi connectivity index (χ0) is 16.2. The van der Waals surface area contributed by atoms with Gasteiger partial charge >= 0.3 is 11.8 Å². The van der Waals surface area contributed by atoms with Crippen molar-refractivity contribution in [1.29, 1.82) is 0 Å². The molecule has 2 N–H and O–H groups in total. The Morgan fingerprint density at radius 1 is 1.17 bits per heavy atom. The Morgan fingerprint density at radius 3 is 2.57 bits per heavy atom. The molecule has 1 aliphatic carbocycles. The van der Waals surface area contributed by atoms with Gasteiger partial charge in [0, 0.05) is 19.0 Å². The summed E-state index contributed by atoms with van der Waals surface area (Å²) in [6, 6.07) is 6.76. The molecule has 1 aromatic heterocycles. The second-order valence-corrected chi connectivity index (χ2v) is 5.63. The van der Waals surface area contributed by atoms with Crippen molar-refractivity contribution in [3.8, 4) is 0 Å². The Hall–Kier alpha value is -2.41. The molecular formula is C15H15ClN4O3. The molecule has 0 atom stereocenters. The van der Waals surface area contributed by atoms with Gasteiger partial charge in [0.25, 0.3) is 5.91 Å². The van der Waals surface area contributed by atoms with E-state index in [1.165, 1.54) is 0 Å². The summed E-state index contributed by atoms with van der Waals surface area (Å²) in [5.74, 6) is 0.122. The molecule has 0 bridgehead atoms. The highest BCUT2D eigenvalue weighted by molar-refractivity contribution is 6.33. The molecule has 120 valence electrons. The van der Waals surface area contributed by atoms with Crippen LogP contribution in [0.2, 0.25) is 5.02 Å². The van der Waals surface area contributed by atoms with Crippen molar-refractivity contribution in [2.45, 2.75) is 18.8 Å². The topological polar surface area (TPSA) is 97.1 Å². The molecule has 23 heavy (non-hydrogen) atoms. The van der Waals surface area contributed by atoms with Gasteiger partial charge in [0.15, 0.2) is 5.82 Å². The Kier molecular flexibility index (Phi) is 4.57. The van der Waals surface area contributed by atoms with Crippen LogP contribution in [0.15, 0.2) is 28.8 Å². The lowest BCUT2D eigenvalue weighted by Gasteiger charge is -2.06. The zero-order valence-corrected chi connectivity index (χ0v) is 13.0. The van der Waals surface area contributed by atoms with Crippen molar-refractivity contribution >= 4 is 23.4 Å². The lowest BCUT2D eigenvalue weighted by Crippen LogP contribution is -2.34. The molecule has 1 fully saturated rings. The Balaban J connectivity index is 1.43. The van der Waals surface area contributed by atoms with Gasteiger partial charge in [0.05, 0.1) is 10.6 Å². The molecule has 0 spiro atoms. The van der Waals surface area contributed by atoms with E-state index in [-0.39, 0.29) is 24.9 Å². The maximum atomic E-state index is 11.9. The Bertz CT molecular complexity index is 727. The molecule has 2 aromatic rings. The molecule has 3 rings (SSSR count). The van der Waals surface area contributed by atoms with Gasteiger partial charge in [0.1, 0.15) is 0 Å². The maximum absolute atomic E-state index is 11.9. The lowest BCUT2D eigenvalue weighted by molar-refractivity contribution is 0.0898. The van der Waals surface area contributed by atoms with Gasteiger partial charge in [-0.1, -0.05) is 28.9 Å². The number of aromatic nitrogens is 2.